The van der Waals surface area contributed by atoms with Crippen LogP contribution in [-0.4, -0.2) is 21.2 Å². The van der Waals surface area contributed by atoms with E-state index in [4.69, 9.17) is 4.74 Å². The lowest BCUT2D eigenvalue weighted by molar-refractivity contribution is 0.122. The van der Waals surface area contributed by atoms with E-state index in [-0.39, 0.29) is 5.92 Å². The summed E-state index contributed by atoms with van der Waals surface area (Å²) in [5.41, 5.74) is 1.54. The van der Waals surface area contributed by atoms with E-state index < -0.39 is 21.7 Å². The minimum atomic E-state index is -1.54. The summed E-state index contributed by atoms with van der Waals surface area (Å²) in [6.07, 6.45) is 1.93. The van der Waals surface area contributed by atoms with Gasteiger partial charge in [0.15, 0.2) is 0 Å². The molecule has 0 aromatic heterocycles. The van der Waals surface area contributed by atoms with Crippen LogP contribution in [0.25, 0.3) is 0 Å². The third-order valence-corrected chi connectivity index (χ3v) is 8.14. The number of hydrogen-bond acceptors (Lipinski definition) is 4. The number of ether oxygens (including phenoxy) is 1. The Morgan fingerprint density at radius 1 is 1.18 bits per heavy atom. The lowest BCUT2D eigenvalue weighted by Gasteiger charge is -2.56. The van der Waals surface area contributed by atoms with E-state index in [9.17, 15) is 9.42 Å². The van der Waals surface area contributed by atoms with Crippen molar-refractivity contribution in [3.63, 3.8) is 0 Å². The fourth-order valence-electron chi connectivity index (χ4n) is 3.92. The molecule has 0 saturated carbocycles. The van der Waals surface area contributed by atoms with Gasteiger partial charge in [-0.2, -0.15) is 0 Å². The van der Waals surface area contributed by atoms with Gasteiger partial charge in [-0.1, -0.05) is 66.2 Å². The van der Waals surface area contributed by atoms with E-state index >= 15 is 0 Å². The Labute approximate surface area is 178 Å². The van der Waals surface area contributed by atoms with Gasteiger partial charge in [0.25, 0.3) is 0 Å². The smallest absolute Gasteiger partial charge is 0.125 e. The molecule has 3 rings (SSSR count). The summed E-state index contributed by atoms with van der Waals surface area (Å²) in [6.45, 7) is 6.38. The molecular formula is C22H27BrNO3S-. The number of hydroxylamine groups is 2. The van der Waals surface area contributed by atoms with E-state index in [0.717, 1.165) is 33.7 Å². The third kappa shape index (κ3) is 3.56. The number of halogens is 1. The molecule has 2 aromatic rings. The molecule has 0 saturated heterocycles. The normalized spacial score (nSPS) is 24.9. The highest BCUT2D eigenvalue weighted by Crippen LogP contribution is 2.52. The first kappa shape index (κ1) is 21.5. The maximum atomic E-state index is 13.9. The molecule has 3 unspecified atom stereocenters. The number of rotatable bonds is 7. The van der Waals surface area contributed by atoms with Gasteiger partial charge < -0.3 is 15.0 Å². The summed E-state index contributed by atoms with van der Waals surface area (Å²) in [5, 5.41) is 15.6. The van der Waals surface area contributed by atoms with Crippen LogP contribution >= 0.6 is 15.9 Å². The molecule has 1 heterocycles. The number of hydrogen-bond donors (Lipinski definition) is 0. The van der Waals surface area contributed by atoms with Gasteiger partial charge in [0.1, 0.15) is 10.6 Å². The fourth-order valence-corrected chi connectivity index (χ4v) is 6.43. The van der Waals surface area contributed by atoms with E-state index in [1.54, 1.807) is 0 Å². The zero-order valence-electron chi connectivity index (χ0n) is 16.6. The van der Waals surface area contributed by atoms with Gasteiger partial charge in [-0.15, -0.1) is 0 Å². The van der Waals surface area contributed by atoms with Crippen molar-refractivity contribution in [1.82, 2.24) is 5.06 Å². The summed E-state index contributed by atoms with van der Waals surface area (Å²) in [4.78, 5) is -0.454. The minimum Gasteiger partial charge on any atom is -0.783 e. The van der Waals surface area contributed by atoms with E-state index in [0.29, 0.717) is 17.9 Å². The molecule has 0 amide bonds. The SMILES string of the molecule is CC1c2ccccc2S(=O)C(c2ccccc2OCCCCBr)(C(C)C)N1[O-]. The predicted molar refractivity (Wildman–Crippen MR) is 118 cm³/mol. The summed E-state index contributed by atoms with van der Waals surface area (Å²) < 4.78 is 19.9. The van der Waals surface area contributed by atoms with Crippen molar-refractivity contribution in [2.75, 3.05) is 11.9 Å². The first-order valence-corrected chi connectivity index (χ1v) is 12.0. The van der Waals surface area contributed by atoms with Crippen molar-refractivity contribution < 1.29 is 8.95 Å². The first-order chi connectivity index (χ1) is 13.5. The van der Waals surface area contributed by atoms with Crippen molar-refractivity contribution in [3.05, 3.63) is 64.9 Å². The second-order valence-electron chi connectivity index (χ2n) is 7.40. The van der Waals surface area contributed by atoms with Crippen molar-refractivity contribution >= 4 is 26.7 Å². The van der Waals surface area contributed by atoms with Gasteiger partial charge in [0.2, 0.25) is 0 Å². The minimum absolute atomic E-state index is 0.172. The van der Waals surface area contributed by atoms with Crippen molar-refractivity contribution in [1.29, 1.82) is 0 Å². The average Bonchev–Trinajstić information content (AvgIpc) is 2.71. The van der Waals surface area contributed by atoms with Crippen LogP contribution in [0.15, 0.2) is 53.4 Å². The van der Waals surface area contributed by atoms with Crippen molar-refractivity contribution in [2.24, 2.45) is 5.92 Å². The topological polar surface area (TPSA) is 52.6 Å². The number of unbranched alkanes of at least 4 members (excludes halogenated alkanes) is 1. The monoisotopic (exact) mass is 464 g/mol. The standard InChI is InChI=1S/C22H27BrNO3S/c1-16(2)22(19-11-5-6-12-20(19)27-15-9-8-14-23)24(25)17(3)18-10-4-7-13-21(18)28(22)26/h4-7,10-13,16-17H,8-9,14-15H2,1-3H3/q-1. The van der Waals surface area contributed by atoms with Gasteiger partial charge in [-0.3, -0.25) is 4.21 Å². The molecule has 0 radical (unpaired) electrons. The zero-order chi connectivity index (χ0) is 20.3. The Morgan fingerprint density at radius 2 is 1.86 bits per heavy atom. The quantitative estimate of drug-likeness (QED) is 0.387. The number of fused-ring (bicyclic) bond motifs is 1. The van der Waals surface area contributed by atoms with Crippen LogP contribution in [0.2, 0.25) is 0 Å². The maximum Gasteiger partial charge on any atom is 0.125 e. The number of benzene rings is 2. The molecule has 152 valence electrons. The van der Waals surface area contributed by atoms with Crippen LogP contribution < -0.4 is 4.74 Å². The third-order valence-electron chi connectivity index (χ3n) is 5.37. The summed E-state index contributed by atoms with van der Waals surface area (Å²) in [5.74, 6) is 0.473. The summed E-state index contributed by atoms with van der Waals surface area (Å²) >= 11 is 3.43. The van der Waals surface area contributed by atoms with Gasteiger partial charge in [-0.05, 0) is 43.4 Å². The molecule has 0 fully saturated rings. The number of para-hydroxylation sites is 1. The van der Waals surface area contributed by atoms with Gasteiger partial charge in [0.05, 0.1) is 17.4 Å². The fraction of sp³-hybridized carbons (Fsp3) is 0.455. The van der Waals surface area contributed by atoms with E-state index in [1.807, 2.05) is 69.3 Å². The Morgan fingerprint density at radius 3 is 2.57 bits per heavy atom. The highest BCUT2D eigenvalue weighted by molar-refractivity contribution is 9.09. The highest BCUT2D eigenvalue weighted by Gasteiger charge is 2.50. The predicted octanol–water partition coefficient (Wildman–Crippen LogP) is 5.73. The van der Waals surface area contributed by atoms with E-state index in [1.165, 1.54) is 0 Å². The Balaban J connectivity index is 2.13. The van der Waals surface area contributed by atoms with Crippen LogP contribution in [0.3, 0.4) is 0 Å². The molecule has 3 atom stereocenters. The van der Waals surface area contributed by atoms with Crippen molar-refractivity contribution in [3.8, 4) is 5.75 Å². The molecule has 0 bridgehead atoms. The lowest BCUT2D eigenvalue weighted by Crippen LogP contribution is -2.54. The molecular weight excluding hydrogens is 438 g/mol. The summed E-state index contributed by atoms with van der Waals surface area (Å²) in [6, 6.07) is 14.7. The second kappa shape index (κ2) is 9.08. The Bertz CT molecular complexity index is 844. The second-order valence-corrected chi connectivity index (χ2v) is 9.79. The molecule has 0 N–H and O–H groups in total. The van der Waals surface area contributed by atoms with Crippen LogP contribution in [0, 0.1) is 11.1 Å². The Kier molecular flexibility index (Phi) is 6.97. The van der Waals surface area contributed by atoms with Gasteiger partial charge >= 0.3 is 0 Å². The number of alkyl halides is 1. The zero-order valence-corrected chi connectivity index (χ0v) is 19.0. The first-order valence-electron chi connectivity index (χ1n) is 9.71. The largest absolute Gasteiger partial charge is 0.783 e. The highest BCUT2D eigenvalue weighted by atomic mass is 79.9. The average molecular weight is 465 g/mol. The van der Waals surface area contributed by atoms with Crippen LogP contribution in [0.4, 0.5) is 0 Å². The molecule has 2 aromatic carbocycles. The molecule has 6 heteroatoms. The van der Waals surface area contributed by atoms with Gasteiger partial charge in [-0.25, -0.2) is 0 Å². The maximum absolute atomic E-state index is 13.9. The molecule has 1 aliphatic rings. The van der Waals surface area contributed by atoms with E-state index in [2.05, 4.69) is 15.9 Å². The summed E-state index contributed by atoms with van der Waals surface area (Å²) in [7, 11) is -1.54. The van der Waals surface area contributed by atoms with Gasteiger partial charge in [0, 0.05) is 21.8 Å². The number of nitrogens with zero attached hydrogens (tertiary/aromatic N) is 1. The Hall–Kier alpha value is -1.21. The van der Waals surface area contributed by atoms with Crippen LogP contribution in [0.1, 0.15) is 50.8 Å². The molecule has 4 nitrogen and oxygen atoms in total. The van der Waals surface area contributed by atoms with Crippen LogP contribution in [0.5, 0.6) is 5.75 Å². The molecule has 1 aliphatic heterocycles. The molecule has 28 heavy (non-hydrogen) atoms. The van der Waals surface area contributed by atoms with Crippen LogP contribution in [-0.2, 0) is 15.7 Å². The van der Waals surface area contributed by atoms with Crippen molar-refractivity contribution in [2.45, 2.75) is 49.4 Å². The molecule has 0 spiro atoms. The molecule has 0 aliphatic carbocycles. The lowest BCUT2D eigenvalue weighted by atomic mass is 9.91.